The maximum absolute atomic E-state index is 13.4. The molecule has 1 aromatic heterocycles. The summed E-state index contributed by atoms with van der Waals surface area (Å²) in [5.74, 6) is -0.673. The Hall–Kier alpha value is -2.88. The number of likely N-dealkylation sites (N-methyl/N-ethyl adjacent to an activating group) is 1. The molecular formula is C27H27Cl3N4O4. The molecule has 2 aromatic carbocycles. The molecule has 8 nitrogen and oxygen atoms in total. The van der Waals surface area contributed by atoms with Crippen LogP contribution in [0.2, 0.25) is 15.1 Å². The minimum atomic E-state index is -0.912. The maximum atomic E-state index is 13.4. The lowest BCUT2D eigenvalue weighted by atomic mass is 10.2. The van der Waals surface area contributed by atoms with Gasteiger partial charge in [0.05, 0.1) is 23.3 Å². The number of amides is 2. The van der Waals surface area contributed by atoms with Crippen LogP contribution in [0.5, 0.6) is 11.6 Å². The molecule has 2 heterocycles. The van der Waals surface area contributed by atoms with E-state index in [1.807, 2.05) is 37.4 Å². The van der Waals surface area contributed by atoms with Crippen molar-refractivity contribution in [2.45, 2.75) is 12.6 Å². The Labute approximate surface area is 236 Å². The number of nitrogens with one attached hydrogen (secondary N) is 1. The minimum Gasteiger partial charge on any atom is -0.435 e. The lowest BCUT2D eigenvalue weighted by Gasteiger charge is -2.34. The van der Waals surface area contributed by atoms with Gasteiger partial charge >= 0.3 is 0 Å². The SMILES string of the molecule is CN1CCN(C(=O)[C@@H](COCc2ccccc2)NC(=O)c2cccnc2Oc2c(Cl)cc(Cl)cc2Cl)CC1. The minimum absolute atomic E-state index is 0.00288. The number of hydrogen-bond acceptors (Lipinski definition) is 6. The van der Waals surface area contributed by atoms with Gasteiger partial charge in [-0.2, -0.15) is 0 Å². The number of carbonyl (C=O) groups is 2. The number of benzene rings is 2. The number of pyridine rings is 1. The van der Waals surface area contributed by atoms with Crippen LogP contribution in [0.1, 0.15) is 15.9 Å². The standard InChI is InChI=1S/C27H27Cl3N4O4/c1-33-10-12-34(13-11-33)27(36)23(17-37-16-18-6-3-2-4-7-18)32-25(35)20-8-5-9-31-26(20)38-24-21(29)14-19(28)15-22(24)30/h2-9,14-15,23H,10-13,16-17H2,1H3,(H,32,35)/t23-/m1/s1. The molecule has 0 aliphatic carbocycles. The molecule has 4 rings (SSSR count). The van der Waals surface area contributed by atoms with Crippen LogP contribution in [-0.4, -0.2) is 72.5 Å². The van der Waals surface area contributed by atoms with Gasteiger partial charge in [-0.05, 0) is 36.9 Å². The summed E-state index contributed by atoms with van der Waals surface area (Å²) in [4.78, 5) is 34.9. The average Bonchev–Trinajstić information content (AvgIpc) is 2.91. The van der Waals surface area contributed by atoms with E-state index < -0.39 is 11.9 Å². The Balaban J connectivity index is 1.52. The third kappa shape index (κ3) is 7.36. The Morgan fingerprint density at radius 1 is 1.00 bits per heavy atom. The molecule has 2 amide bonds. The molecule has 0 unspecified atom stereocenters. The van der Waals surface area contributed by atoms with Crippen LogP contribution >= 0.6 is 34.8 Å². The van der Waals surface area contributed by atoms with Crippen molar-refractivity contribution in [2.24, 2.45) is 0 Å². The topological polar surface area (TPSA) is 84.0 Å². The predicted octanol–water partition coefficient (Wildman–Crippen LogP) is 4.92. The summed E-state index contributed by atoms with van der Waals surface area (Å²) in [5.41, 5.74) is 1.07. The van der Waals surface area contributed by atoms with Crippen LogP contribution in [0.15, 0.2) is 60.8 Å². The molecule has 1 fully saturated rings. The van der Waals surface area contributed by atoms with Crippen molar-refractivity contribution in [2.75, 3.05) is 39.8 Å². The molecule has 1 saturated heterocycles. The smallest absolute Gasteiger partial charge is 0.257 e. The first-order chi connectivity index (χ1) is 18.3. The Kier molecular flexibility index (Phi) is 9.82. The van der Waals surface area contributed by atoms with E-state index in [-0.39, 0.29) is 39.8 Å². The molecule has 11 heteroatoms. The Morgan fingerprint density at radius 3 is 2.37 bits per heavy atom. The lowest BCUT2D eigenvalue weighted by molar-refractivity contribution is -0.136. The second-order valence-corrected chi connectivity index (χ2v) is 10.1. The zero-order valence-electron chi connectivity index (χ0n) is 20.7. The number of hydrogen-bond donors (Lipinski definition) is 1. The zero-order chi connectivity index (χ0) is 27.1. The van der Waals surface area contributed by atoms with Gasteiger partial charge in [0.2, 0.25) is 11.8 Å². The summed E-state index contributed by atoms with van der Waals surface area (Å²) in [6, 6.07) is 14.8. The lowest BCUT2D eigenvalue weighted by Crippen LogP contribution is -2.55. The van der Waals surface area contributed by atoms with Gasteiger partial charge in [-0.3, -0.25) is 9.59 Å². The largest absolute Gasteiger partial charge is 0.435 e. The van der Waals surface area contributed by atoms with Crippen molar-refractivity contribution in [3.8, 4) is 11.6 Å². The number of aromatic nitrogens is 1. The molecule has 0 spiro atoms. The highest BCUT2D eigenvalue weighted by atomic mass is 35.5. The van der Waals surface area contributed by atoms with Crippen molar-refractivity contribution in [3.63, 3.8) is 0 Å². The molecule has 1 N–H and O–H groups in total. The molecule has 1 atom stereocenters. The molecule has 0 saturated carbocycles. The first kappa shape index (κ1) is 28.1. The van der Waals surface area contributed by atoms with Crippen molar-refractivity contribution >= 4 is 46.6 Å². The van der Waals surface area contributed by atoms with Gasteiger partial charge in [-0.15, -0.1) is 0 Å². The van der Waals surface area contributed by atoms with Crippen LogP contribution in [0.4, 0.5) is 0 Å². The van der Waals surface area contributed by atoms with Gasteiger partial charge in [0.25, 0.3) is 5.91 Å². The number of carbonyl (C=O) groups excluding carboxylic acids is 2. The van der Waals surface area contributed by atoms with E-state index in [0.29, 0.717) is 24.7 Å². The van der Waals surface area contributed by atoms with Crippen LogP contribution in [0.25, 0.3) is 0 Å². The monoisotopic (exact) mass is 576 g/mol. The zero-order valence-corrected chi connectivity index (χ0v) is 23.0. The maximum Gasteiger partial charge on any atom is 0.257 e. The van der Waals surface area contributed by atoms with Gasteiger partial charge in [-0.25, -0.2) is 4.98 Å². The molecule has 38 heavy (non-hydrogen) atoms. The fraction of sp³-hybridized carbons (Fsp3) is 0.296. The number of rotatable bonds is 9. The number of halogens is 3. The fourth-order valence-corrected chi connectivity index (χ4v) is 4.79. The van der Waals surface area contributed by atoms with E-state index in [9.17, 15) is 9.59 Å². The predicted molar refractivity (Wildman–Crippen MR) is 147 cm³/mol. The van der Waals surface area contributed by atoms with E-state index in [1.54, 1.807) is 11.0 Å². The normalized spacial score (nSPS) is 14.7. The molecule has 1 aliphatic heterocycles. The highest BCUT2D eigenvalue weighted by molar-refractivity contribution is 6.40. The second kappa shape index (κ2) is 13.3. The number of ether oxygens (including phenoxy) is 2. The third-order valence-corrected chi connectivity index (χ3v) is 6.77. The highest BCUT2D eigenvalue weighted by Gasteiger charge is 2.30. The number of nitrogens with zero attached hydrogens (tertiary/aromatic N) is 3. The van der Waals surface area contributed by atoms with E-state index in [1.165, 1.54) is 24.4 Å². The van der Waals surface area contributed by atoms with Crippen molar-refractivity contribution in [1.29, 1.82) is 0 Å². The van der Waals surface area contributed by atoms with E-state index >= 15 is 0 Å². The molecular weight excluding hydrogens is 551 g/mol. The summed E-state index contributed by atoms with van der Waals surface area (Å²) in [6.07, 6.45) is 1.47. The van der Waals surface area contributed by atoms with E-state index in [2.05, 4.69) is 15.2 Å². The van der Waals surface area contributed by atoms with Gasteiger partial charge in [-0.1, -0.05) is 65.1 Å². The van der Waals surface area contributed by atoms with Gasteiger partial charge in [0.1, 0.15) is 11.6 Å². The van der Waals surface area contributed by atoms with Crippen LogP contribution in [0, 0.1) is 0 Å². The molecule has 0 bridgehead atoms. The van der Waals surface area contributed by atoms with Gasteiger partial charge < -0.3 is 24.6 Å². The molecule has 1 aliphatic rings. The van der Waals surface area contributed by atoms with Crippen molar-refractivity contribution in [3.05, 3.63) is 87.0 Å². The molecule has 0 radical (unpaired) electrons. The fourth-order valence-electron chi connectivity index (χ4n) is 3.89. The van der Waals surface area contributed by atoms with Crippen molar-refractivity contribution in [1.82, 2.24) is 20.1 Å². The van der Waals surface area contributed by atoms with Crippen LogP contribution in [0.3, 0.4) is 0 Å². The Morgan fingerprint density at radius 2 is 1.68 bits per heavy atom. The average molecular weight is 578 g/mol. The molecule has 200 valence electrons. The summed E-state index contributed by atoms with van der Waals surface area (Å²) < 4.78 is 11.7. The third-order valence-electron chi connectivity index (χ3n) is 5.99. The van der Waals surface area contributed by atoms with Crippen LogP contribution < -0.4 is 10.1 Å². The summed E-state index contributed by atoms with van der Waals surface area (Å²) in [5, 5.41) is 3.48. The first-order valence-electron chi connectivity index (χ1n) is 12.0. The second-order valence-electron chi connectivity index (χ2n) is 8.81. The molecule has 3 aromatic rings. The van der Waals surface area contributed by atoms with Gasteiger partial charge in [0.15, 0.2) is 5.75 Å². The first-order valence-corrected chi connectivity index (χ1v) is 13.1. The van der Waals surface area contributed by atoms with Crippen LogP contribution in [-0.2, 0) is 16.1 Å². The summed E-state index contributed by atoms with van der Waals surface area (Å²) in [6.45, 7) is 2.93. The highest BCUT2D eigenvalue weighted by Crippen LogP contribution is 2.38. The number of piperazine rings is 1. The summed E-state index contributed by atoms with van der Waals surface area (Å²) in [7, 11) is 2.01. The van der Waals surface area contributed by atoms with Crippen molar-refractivity contribution < 1.29 is 19.1 Å². The van der Waals surface area contributed by atoms with Gasteiger partial charge in [0, 0.05) is 37.4 Å². The Bertz CT molecular complexity index is 1250. The quantitative estimate of drug-likeness (QED) is 0.389. The summed E-state index contributed by atoms with van der Waals surface area (Å²) >= 11 is 18.5. The van der Waals surface area contributed by atoms with E-state index in [0.717, 1.165) is 18.7 Å². The van der Waals surface area contributed by atoms with E-state index in [4.69, 9.17) is 44.3 Å².